The molecule has 8 heavy (non-hydrogen) atoms. The molecule has 0 spiro atoms. The molecular formula is C2H5ClO5. The van der Waals surface area contributed by atoms with E-state index in [2.05, 4.69) is 4.29 Å². The lowest BCUT2D eigenvalue weighted by Gasteiger charge is -2.12. The Bertz CT molecular complexity index is 65.3. The highest BCUT2D eigenvalue weighted by atomic mass is 35.7. The number of halogens is 1. The zero-order valence-corrected chi connectivity index (χ0v) is 4.79. The number of aliphatic hydroxyl groups is 1. The molecule has 1 atom stereocenters. The minimum absolute atomic E-state index is 1.02. The van der Waals surface area contributed by atoms with Crippen LogP contribution in [0.5, 0.6) is 0 Å². The highest BCUT2D eigenvalue weighted by molar-refractivity contribution is 4.06. The molecule has 1 unspecified atom stereocenters. The highest BCUT2D eigenvalue weighted by Crippen LogP contribution is 1.91. The second-order valence-electron chi connectivity index (χ2n) is 1.07. The summed E-state index contributed by atoms with van der Waals surface area (Å²) in [6, 6.07) is 0. The standard InChI is InChI=1S/C2H5ClO5/c1-2(4)8-3(5,6)7/h2,4H,1H3. The molecule has 0 aliphatic carbocycles. The first-order valence-electron chi connectivity index (χ1n) is 1.69. The average molecular weight is 145 g/mol. The van der Waals surface area contributed by atoms with E-state index in [9.17, 15) is 14.0 Å². The van der Waals surface area contributed by atoms with Crippen LogP contribution in [0.3, 0.4) is 0 Å². The topological polar surface area (TPSA) is 98.6 Å². The zero-order valence-electron chi connectivity index (χ0n) is 4.04. The minimum Gasteiger partial charge on any atom is -0.356 e. The van der Waals surface area contributed by atoms with Gasteiger partial charge in [-0.1, -0.05) is 0 Å². The first kappa shape index (κ1) is 8.09. The van der Waals surface area contributed by atoms with Crippen molar-refractivity contribution in [3.63, 3.8) is 0 Å². The predicted molar refractivity (Wildman–Crippen MR) is 12.8 cm³/mol. The van der Waals surface area contributed by atoms with Gasteiger partial charge in [-0.05, 0) is 0 Å². The molecule has 0 bridgehead atoms. The van der Waals surface area contributed by atoms with Crippen molar-refractivity contribution in [1.82, 2.24) is 0 Å². The van der Waals surface area contributed by atoms with Crippen molar-refractivity contribution < 1.29 is 33.6 Å². The van der Waals surface area contributed by atoms with Crippen molar-refractivity contribution in [2.75, 3.05) is 0 Å². The Hall–Kier alpha value is 0.0900. The maximum Gasteiger partial charge on any atom is 0.308 e. The molecule has 0 radical (unpaired) electrons. The Morgan fingerprint density at radius 1 is 1.50 bits per heavy atom. The Labute approximate surface area is 47.9 Å². The van der Waals surface area contributed by atoms with Crippen molar-refractivity contribution in [3.05, 3.63) is 0 Å². The van der Waals surface area contributed by atoms with Crippen LogP contribution in [-0.4, -0.2) is 11.4 Å². The molecule has 0 rings (SSSR count). The van der Waals surface area contributed by atoms with E-state index < -0.39 is 16.5 Å². The van der Waals surface area contributed by atoms with Gasteiger partial charge < -0.3 is 5.11 Å². The van der Waals surface area contributed by atoms with Gasteiger partial charge in [-0.15, -0.1) is 0 Å². The fourth-order valence-corrected chi connectivity index (χ4v) is 0.474. The Morgan fingerprint density at radius 3 is 1.88 bits per heavy atom. The van der Waals surface area contributed by atoms with Crippen LogP contribution in [0.2, 0.25) is 0 Å². The van der Waals surface area contributed by atoms with E-state index >= 15 is 0 Å². The van der Waals surface area contributed by atoms with Crippen molar-refractivity contribution >= 4 is 0 Å². The summed E-state index contributed by atoms with van der Waals surface area (Å²) in [5, 5.41) is 8.08. The third-order valence-corrected chi connectivity index (χ3v) is 0.714. The van der Waals surface area contributed by atoms with Crippen molar-refractivity contribution in [2.45, 2.75) is 13.2 Å². The van der Waals surface area contributed by atoms with Crippen LogP contribution in [-0.2, 0) is 4.29 Å². The lowest BCUT2D eigenvalue weighted by molar-refractivity contribution is -1.92. The van der Waals surface area contributed by atoms with Gasteiger partial charge >= 0.3 is 6.29 Å². The molecule has 0 aliphatic heterocycles. The SMILES string of the molecule is CC(O)O[Cl+3]([O-])([O-])[O-]. The maximum absolute atomic E-state index is 9.48. The predicted octanol–water partition coefficient (Wildman–Crippen LogP) is -3.76. The summed E-state index contributed by atoms with van der Waals surface area (Å²) in [7, 11) is -4.47. The molecule has 0 saturated carbocycles. The fourth-order valence-electron chi connectivity index (χ4n) is 0.158. The smallest absolute Gasteiger partial charge is 0.308 e. The summed E-state index contributed by atoms with van der Waals surface area (Å²) in [4.78, 5) is 0. The number of hydrogen-bond donors (Lipinski definition) is 1. The van der Waals surface area contributed by atoms with Crippen LogP contribution < -0.4 is 14.0 Å². The molecule has 0 aliphatic rings. The Balaban J connectivity index is 3.39. The average Bonchev–Trinajstić information content (AvgIpc) is 1.21. The molecule has 0 heterocycles. The summed E-state index contributed by atoms with van der Waals surface area (Å²) in [6.07, 6.45) is -1.57. The van der Waals surface area contributed by atoms with E-state index in [1.165, 1.54) is 0 Å². The Morgan fingerprint density at radius 2 is 1.88 bits per heavy atom. The highest BCUT2D eigenvalue weighted by Gasteiger charge is 2.21. The van der Waals surface area contributed by atoms with Crippen LogP contribution in [0, 0.1) is 10.2 Å². The molecule has 0 fully saturated rings. The monoisotopic (exact) mass is 144 g/mol. The molecule has 1 N–H and O–H groups in total. The molecule has 6 heteroatoms. The molecule has 0 amide bonds. The van der Waals surface area contributed by atoms with E-state index in [1.807, 2.05) is 0 Å². The number of aliphatic hydroxyl groups excluding tert-OH is 1. The maximum atomic E-state index is 9.48. The zero-order chi connectivity index (χ0) is 6.78. The molecule has 0 aromatic rings. The normalized spacial score (nSPS) is 16.1. The second kappa shape index (κ2) is 2.58. The van der Waals surface area contributed by atoms with Gasteiger partial charge in [-0.3, -0.25) is 0 Å². The van der Waals surface area contributed by atoms with Crippen molar-refractivity contribution in [1.29, 1.82) is 0 Å². The quantitative estimate of drug-likeness (QED) is 0.401. The first-order valence-corrected chi connectivity index (χ1v) is 2.92. The molecule has 50 valence electrons. The molecular weight excluding hydrogens is 139 g/mol. The second-order valence-corrected chi connectivity index (χ2v) is 2.00. The van der Waals surface area contributed by atoms with Gasteiger partial charge in [0.1, 0.15) is 0 Å². The minimum atomic E-state index is -4.47. The Kier molecular flexibility index (Phi) is 2.61. The van der Waals surface area contributed by atoms with Gasteiger partial charge in [0.05, 0.1) is 14.5 Å². The van der Waals surface area contributed by atoms with E-state index in [0.717, 1.165) is 6.92 Å². The summed E-state index contributed by atoms with van der Waals surface area (Å²) >= 11 is 0. The van der Waals surface area contributed by atoms with Gasteiger partial charge in [0, 0.05) is 6.92 Å². The molecule has 0 aromatic carbocycles. The van der Waals surface area contributed by atoms with Crippen LogP contribution in [0.1, 0.15) is 6.92 Å². The number of rotatable bonds is 2. The number of hydrogen-bond acceptors (Lipinski definition) is 5. The van der Waals surface area contributed by atoms with Gasteiger partial charge in [0.15, 0.2) is 0 Å². The lowest BCUT2D eigenvalue weighted by Crippen LogP contribution is -2.62. The van der Waals surface area contributed by atoms with Crippen LogP contribution in [0.4, 0.5) is 0 Å². The summed E-state index contributed by atoms with van der Waals surface area (Å²) in [5.74, 6) is 0. The van der Waals surface area contributed by atoms with E-state index in [-0.39, 0.29) is 0 Å². The third kappa shape index (κ3) is 6.09. The van der Waals surface area contributed by atoms with Crippen LogP contribution in [0.15, 0.2) is 0 Å². The van der Waals surface area contributed by atoms with Crippen LogP contribution in [0.25, 0.3) is 0 Å². The van der Waals surface area contributed by atoms with Gasteiger partial charge in [-0.2, -0.15) is 14.0 Å². The van der Waals surface area contributed by atoms with E-state index in [0.29, 0.717) is 0 Å². The first-order chi connectivity index (χ1) is 3.42. The summed E-state index contributed by atoms with van der Waals surface area (Å²) in [6.45, 7) is 1.02. The molecule has 5 nitrogen and oxygen atoms in total. The van der Waals surface area contributed by atoms with Crippen LogP contribution >= 0.6 is 0 Å². The van der Waals surface area contributed by atoms with Gasteiger partial charge in [-0.25, -0.2) is 0 Å². The largest absolute Gasteiger partial charge is 0.356 e. The van der Waals surface area contributed by atoms with Crippen molar-refractivity contribution in [3.8, 4) is 0 Å². The van der Waals surface area contributed by atoms with Gasteiger partial charge in [0.25, 0.3) is 0 Å². The third-order valence-electron chi connectivity index (χ3n) is 0.238. The molecule has 0 aromatic heterocycles. The fraction of sp³-hybridized carbons (Fsp3) is 1.00. The van der Waals surface area contributed by atoms with Gasteiger partial charge in [0.2, 0.25) is 0 Å². The molecule has 0 saturated heterocycles. The van der Waals surface area contributed by atoms with Crippen molar-refractivity contribution in [2.24, 2.45) is 0 Å². The lowest BCUT2D eigenvalue weighted by atomic mass is 10.8. The van der Waals surface area contributed by atoms with E-state index in [4.69, 9.17) is 5.11 Å². The summed E-state index contributed by atoms with van der Waals surface area (Å²) < 4.78 is 31.8. The summed E-state index contributed by atoms with van der Waals surface area (Å²) in [5.41, 5.74) is 0. The van der Waals surface area contributed by atoms with E-state index in [1.54, 1.807) is 0 Å².